The number of carbonyl (C=O) groups is 1. The SMILES string of the molecule is C=C[C@@H]1CC[C@@H](C(=O)OC)N1.Cl. The Morgan fingerprint density at radius 1 is 1.67 bits per heavy atom. The Kier molecular flexibility index (Phi) is 4.93. The largest absolute Gasteiger partial charge is 0.468 e. The van der Waals surface area contributed by atoms with Crippen molar-refractivity contribution in [2.45, 2.75) is 24.9 Å². The van der Waals surface area contributed by atoms with Crippen molar-refractivity contribution >= 4 is 18.4 Å². The topological polar surface area (TPSA) is 38.3 Å². The molecule has 3 nitrogen and oxygen atoms in total. The molecule has 0 saturated carbocycles. The highest BCUT2D eigenvalue weighted by molar-refractivity contribution is 5.85. The number of hydrogen-bond acceptors (Lipinski definition) is 3. The fourth-order valence-electron chi connectivity index (χ4n) is 1.29. The molecular weight excluding hydrogens is 178 g/mol. The molecule has 4 heteroatoms. The summed E-state index contributed by atoms with van der Waals surface area (Å²) in [5.74, 6) is -0.172. The van der Waals surface area contributed by atoms with Crippen molar-refractivity contribution in [1.82, 2.24) is 5.32 Å². The number of rotatable bonds is 2. The van der Waals surface area contributed by atoms with Crippen LogP contribution in [-0.4, -0.2) is 25.2 Å². The lowest BCUT2D eigenvalue weighted by atomic mass is 10.2. The van der Waals surface area contributed by atoms with E-state index in [1.54, 1.807) is 0 Å². The molecule has 70 valence electrons. The number of ether oxygens (including phenoxy) is 1. The molecule has 1 heterocycles. The Bertz CT molecular complexity index is 172. The molecule has 12 heavy (non-hydrogen) atoms. The smallest absolute Gasteiger partial charge is 0.322 e. The van der Waals surface area contributed by atoms with E-state index in [-0.39, 0.29) is 30.5 Å². The summed E-state index contributed by atoms with van der Waals surface area (Å²) < 4.78 is 4.59. The molecule has 0 aromatic heterocycles. The van der Waals surface area contributed by atoms with Gasteiger partial charge in [-0.25, -0.2) is 0 Å². The Labute approximate surface area is 78.6 Å². The van der Waals surface area contributed by atoms with E-state index in [0.29, 0.717) is 0 Å². The van der Waals surface area contributed by atoms with Crippen LogP contribution in [0.1, 0.15) is 12.8 Å². The lowest BCUT2D eigenvalue weighted by molar-refractivity contribution is -0.142. The first-order valence-corrected chi connectivity index (χ1v) is 3.74. The van der Waals surface area contributed by atoms with Gasteiger partial charge in [0.25, 0.3) is 0 Å². The molecule has 0 aromatic rings. The quantitative estimate of drug-likeness (QED) is 0.521. The third-order valence-corrected chi connectivity index (χ3v) is 1.95. The summed E-state index contributed by atoms with van der Waals surface area (Å²) in [6.07, 6.45) is 3.65. The third kappa shape index (κ3) is 2.50. The Morgan fingerprint density at radius 2 is 2.33 bits per heavy atom. The lowest BCUT2D eigenvalue weighted by Gasteiger charge is -2.08. The van der Waals surface area contributed by atoms with E-state index >= 15 is 0 Å². The first-order valence-electron chi connectivity index (χ1n) is 3.74. The lowest BCUT2D eigenvalue weighted by Crippen LogP contribution is -2.35. The molecule has 1 aliphatic rings. The zero-order chi connectivity index (χ0) is 8.27. The minimum absolute atomic E-state index is 0. The number of nitrogens with one attached hydrogen (secondary N) is 1. The molecule has 0 aromatic carbocycles. The molecule has 0 spiro atoms. The molecule has 2 atom stereocenters. The molecule has 0 amide bonds. The maximum absolute atomic E-state index is 11.0. The summed E-state index contributed by atoms with van der Waals surface area (Å²) in [7, 11) is 1.41. The van der Waals surface area contributed by atoms with Gasteiger partial charge in [-0.2, -0.15) is 0 Å². The van der Waals surface area contributed by atoms with E-state index in [4.69, 9.17) is 0 Å². The Hall–Kier alpha value is -0.540. The van der Waals surface area contributed by atoms with Crippen molar-refractivity contribution in [3.8, 4) is 0 Å². The first-order chi connectivity index (χ1) is 5.27. The van der Waals surface area contributed by atoms with Crippen LogP contribution >= 0.6 is 12.4 Å². The van der Waals surface area contributed by atoms with Gasteiger partial charge >= 0.3 is 5.97 Å². The molecule has 0 radical (unpaired) electrons. The zero-order valence-corrected chi connectivity index (χ0v) is 7.89. The summed E-state index contributed by atoms with van der Waals surface area (Å²) >= 11 is 0. The maximum Gasteiger partial charge on any atom is 0.322 e. The van der Waals surface area contributed by atoms with Gasteiger partial charge in [0, 0.05) is 6.04 Å². The summed E-state index contributed by atoms with van der Waals surface area (Å²) in [6.45, 7) is 3.65. The number of hydrogen-bond donors (Lipinski definition) is 1. The molecule has 0 aliphatic carbocycles. The van der Waals surface area contributed by atoms with Crippen LogP contribution in [0.5, 0.6) is 0 Å². The molecule has 1 N–H and O–H groups in total. The predicted octanol–water partition coefficient (Wildman–Crippen LogP) is 0.888. The second kappa shape index (κ2) is 5.17. The molecule has 0 bridgehead atoms. The van der Waals surface area contributed by atoms with Gasteiger partial charge in [-0.15, -0.1) is 19.0 Å². The zero-order valence-electron chi connectivity index (χ0n) is 7.08. The number of esters is 1. The van der Waals surface area contributed by atoms with Gasteiger partial charge in [0.05, 0.1) is 7.11 Å². The van der Waals surface area contributed by atoms with Gasteiger partial charge in [-0.1, -0.05) is 6.08 Å². The van der Waals surface area contributed by atoms with Crippen LogP contribution < -0.4 is 5.32 Å². The number of carbonyl (C=O) groups excluding carboxylic acids is 1. The van der Waals surface area contributed by atoms with E-state index in [1.807, 2.05) is 6.08 Å². The van der Waals surface area contributed by atoms with Crippen LogP contribution in [0.2, 0.25) is 0 Å². The van der Waals surface area contributed by atoms with Crippen molar-refractivity contribution in [2.24, 2.45) is 0 Å². The molecule has 1 fully saturated rings. The summed E-state index contributed by atoms with van der Waals surface area (Å²) in [4.78, 5) is 11.0. The van der Waals surface area contributed by atoms with Crippen molar-refractivity contribution in [1.29, 1.82) is 0 Å². The minimum Gasteiger partial charge on any atom is -0.468 e. The summed E-state index contributed by atoms with van der Waals surface area (Å²) in [6, 6.07) is 0.155. The molecular formula is C8H14ClNO2. The first kappa shape index (κ1) is 11.5. The Morgan fingerprint density at radius 3 is 2.75 bits per heavy atom. The average molecular weight is 192 g/mol. The highest BCUT2D eigenvalue weighted by Crippen LogP contribution is 2.13. The van der Waals surface area contributed by atoms with Gasteiger partial charge < -0.3 is 4.74 Å². The van der Waals surface area contributed by atoms with Crippen LogP contribution in [0.3, 0.4) is 0 Å². The molecule has 1 rings (SSSR count). The van der Waals surface area contributed by atoms with Gasteiger partial charge in [0.1, 0.15) is 6.04 Å². The maximum atomic E-state index is 11.0. The van der Waals surface area contributed by atoms with Gasteiger partial charge in [0.15, 0.2) is 0 Å². The van der Waals surface area contributed by atoms with E-state index < -0.39 is 0 Å². The second-order valence-corrected chi connectivity index (χ2v) is 2.66. The average Bonchev–Trinajstić information content (AvgIpc) is 2.50. The Balaban J connectivity index is 0.00000121. The number of methoxy groups -OCH3 is 1. The summed E-state index contributed by atoms with van der Waals surface area (Å²) in [5.41, 5.74) is 0. The van der Waals surface area contributed by atoms with E-state index in [0.717, 1.165) is 12.8 Å². The van der Waals surface area contributed by atoms with Crippen molar-refractivity contribution < 1.29 is 9.53 Å². The van der Waals surface area contributed by atoms with Crippen LogP contribution in [-0.2, 0) is 9.53 Å². The van der Waals surface area contributed by atoms with Gasteiger partial charge in [-0.3, -0.25) is 10.1 Å². The van der Waals surface area contributed by atoms with Gasteiger partial charge in [0.2, 0.25) is 0 Å². The second-order valence-electron chi connectivity index (χ2n) is 2.66. The summed E-state index contributed by atoms with van der Waals surface area (Å²) in [5, 5.41) is 3.10. The molecule has 1 aliphatic heterocycles. The van der Waals surface area contributed by atoms with Crippen molar-refractivity contribution in [2.75, 3.05) is 7.11 Å². The van der Waals surface area contributed by atoms with Crippen LogP contribution in [0.4, 0.5) is 0 Å². The highest BCUT2D eigenvalue weighted by atomic mass is 35.5. The van der Waals surface area contributed by atoms with E-state index in [2.05, 4.69) is 16.6 Å². The molecule has 0 unspecified atom stereocenters. The standard InChI is InChI=1S/C8H13NO2.ClH/c1-3-6-4-5-7(9-6)8(10)11-2;/h3,6-7,9H,1,4-5H2,2H3;1H/t6-,7+;/m1./s1. The minimum atomic E-state index is -0.172. The van der Waals surface area contributed by atoms with Gasteiger partial charge in [-0.05, 0) is 12.8 Å². The van der Waals surface area contributed by atoms with Crippen molar-refractivity contribution in [3.05, 3.63) is 12.7 Å². The van der Waals surface area contributed by atoms with Crippen LogP contribution in [0.25, 0.3) is 0 Å². The normalized spacial score (nSPS) is 27.4. The van der Waals surface area contributed by atoms with E-state index in [9.17, 15) is 4.79 Å². The fraction of sp³-hybridized carbons (Fsp3) is 0.625. The van der Waals surface area contributed by atoms with Crippen LogP contribution in [0.15, 0.2) is 12.7 Å². The van der Waals surface area contributed by atoms with Crippen LogP contribution in [0, 0.1) is 0 Å². The van der Waals surface area contributed by atoms with Crippen molar-refractivity contribution in [3.63, 3.8) is 0 Å². The highest BCUT2D eigenvalue weighted by Gasteiger charge is 2.27. The predicted molar refractivity (Wildman–Crippen MR) is 49.4 cm³/mol. The number of halogens is 1. The van der Waals surface area contributed by atoms with E-state index in [1.165, 1.54) is 7.11 Å². The molecule has 1 saturated heterocycles. The monoisotopic (exact) mass is 191 g/mol. The third-order valence-electron chi connectivity index (χ3n) is 1.95. The fourth-order valence-corrected chi connectivity index (χ4v) is 1.29.